The Morgan fingerprint density at radius 1 is 0.828 bits per heavy atom. The normalized spacial score (nSPS) is 11.9. The molecule has 0 aliphatic heterocycles. The summed E-state index contributed by atoms with van der Waals surface area (Å²) < 4.78 is 0. The second kappa shape index (κ2) is 6.17. The molecule has 6 nitrogen and oxygen atoms in total. The van der Waals surface area contributed by atoms with E-state index in [0.717, 1.165) is 27.6 Å². The summed E-state index contributed by atoms with van der Waals surface area (Å²) in [6.45, 7) is 0. The fourth-order valence-corrected chi connectivity index (χ4v) is 4.11. The Labute approximate surface area is 166 Å². The molecule has 0 heterocycles. The lowest BCUT2D eigenvalue weighted by atomic mass is 10.0. The lowest BCUT2D eigenvalue weighted by Gasteiger charge is -2.26. The SMILES string of the molecule is N=C(N)N(c1ccc([N+](=O)[O-])c2ccccc12)c1ccc2c3c(cccc13)C=C2. The molecule has 0 unspecified atom stereocenters. The van der Waals surface area contributed by atoms with E-state index in [1.807, 2.05) is 36.4 Å². The Bertz CT molecular complexity index is 1360. The molecular weight excluding hydrogens is 364 g/mol. The first kappa shape index (κ1) is 16.9. The molecule has 0 amide bonds. The van der Waals surface area contributed by atoms with Gasteiger partial charge in [-0.1, -0.05) is 54.6 Å². The standard InChI is InChI=1S/C23H16N4O2/c24-23(25)26(19-12-13-21(27(28)29)17-6-2-1-5-16(17)19)20-11-10-15-9-8-14-4-3-7-18(20)22(14)15/h1-13H,(H3,24,25). The quantitative estimate of drug-likeness (QED) is 0.189. The minimum Gasteiger partial charge on any atom is -0.369 e. The molecule has 140 valence electrons. The third-order valence-electron chi connectivity index (χ3n) is 5.32. The zero-order chi connectivity index (χ0) is 20.1. The lowest BCUT2D eigenvalue weighted by molar-refractivity contribution is -0.383. The van der Waals surface area contributed by atoms with Crippen LogP contribution in [0.2, 0.25) is 0 Å². The van der Waals surface area contributed by atoms with Gasteiger partial charge in [-0.2, -0.15) is 0 Å². The van der Waals surface area contributed by atoms with Gasteiger partial charge in [0.15, 0.2) is 5.96 Å². The van der Waals surface area contributed by atoms with E-state index in [4.69, 9.17) is 11.1 Å². The molecular formula is C23H16N4O2. The highest BCUT2D eigenvalue weighted by molar-refractivity contribution is 6.17. The Kier molecular flexibility index (Phi) is 3.61. The molecule has 3 N–H and O–H groups in total. The van der Waals surface area contributed by atoms with Gasteiger partial charge >= 0.3 is 0 Å². The Morgan fingerprint density at radius 3 is 2.17 bits per heavy atom. The number of fused-ring (bicyclic) bond motifs is 1. The van der Waals surface area contributed by atoms with Crippen LogP contribution >= 0.6 is 0 Å². The number of nitrogens with zero attached hydrogens (tertiary/aromatic N) is 2. The minimum atomic E-state index is -0.394. The fourth-order valence-electron chi connectivity index (χ4n) is 4.11. The maximum absolute atomic E-state index is 11.5. The first-order chi connectivity index (χ1) is 14.1. The fraction of sp³-hybridized carbons (Fsp3) is 0. The Morgan fingerprint density at radius 2 is 1.45 bits per heavy atom. The van der Waals surface area contributed by atoms with Gasteiger partial charge in [0.1, 0.15) is 0 Å². The molecule has 6 heteroatoms. The van der Waals surface area contributed by atoms with Gasteiger partial charge in [-0.25, -0.2) is 0 Å². The topological polar surface area (TPSA) is 96.2 Å². The highest BCUT2D eigenvalue weighted by Gasteiger charge is 2.23. The van der Waals surface area contributed by atoms with E-state index >= 15 is 0 Å². The van der Waals surface area contributed by atoms with Crippen LogP contribution in [0.5, 0.6) is 0 Å². The van der Waals surface area contributed by atoms with Crippen LogP contribution in [-0.2, 0) is 0 Å². The summed E-state index contributed by atoms with van der Waals surface area (Å²) in [5, 5.41) is 23.0. The molecule has 0 spiro atoms. The minimum absolute atomic E-state index is 0.0254. The highest BCUT2D eigenvalue weighted by atomic mass is 16.6. The molecule has 0 saturated heterocycles. The van der Waals surface area contributed by atoms with Gasteiger partial charge in [-0.3, -0.25) is 20.4 Å². The molecule has 0 fully saturated rings. The average Bonchev–Trinajstić information content (AvgIpc) is 3.14. The zero-order valence-corrected chi connectivity index (χ0v) is 15.3. The van der Waals surface area contributed by atoms with Gasteiger partial charge in [0.25, 0.3) is 5.69 Å². The van der Waals surface area contributed by atoms with Crippen molar-refractivity contribution in [3.63, 3.8) is 0 Å². The lowest BCUT2D eigenvalue weighted by Crippen LogP contribution is -2.32. The van der Waals surface area contributed by atoms with Gasteiger partial charge in [-0.15, -0.1) is 0 Å². The molecule has 0 bridgehead atoms. The first-order valence-corrected chi connectivity index (χ1v) is 9.10. The molecule has 29 heavy (non-hydrogen) atoms. The summed E-state index contributed by atoms with van der Waals surface area (Å²) in [6, 6.07) is 20.2. The van der Waals surface area contributed by atoms with Crippen molar-refractivity contribution in [1.82, 2.24) is 0 Å². The molecule has 0 radical (unpaired) electrons. The summed E-state index contributed by atoms with van der Waals surface area (Å²) in [5.74, 6) is -0.157. The summed E-state index contributed by atoms with van der Waals surface area (Å²) in [7, 11) is 0. The maximum Gasteiger partial charge on any atom is 0.277 e. The first-order valence-electron chi connectivity index (χ1n) is 9.10. The highest BCUT2D eigenvalue weighted by Crippen LogP contribution is 2.42. The van der Waals surface area contributed by atoms with Crippen molar-refractivity contribution in [3.8, 4) is 0 Å². The second-order valence-corrected chi connectivity index (χ2v) is 6.90. The molecule has 1 aliphatic rings. The van der Waals surface area contributed by atoms with Gasteiger partial charge in [0.2, 0.25) is 0 Å². The van der Waals surface area contributed by atoms with Crippen molar-refractivity contribution in [3.05, 3.63) is 88.0 Å². The third-order valence-corrected chi connectivity index (χ3v) is 5.32. The number of guanidine groups is 1. The van der Waals surface area contributed by atoms with Crippen molar-refractivity contribution < 1.29 is 4.92 Å². The number of rotatable bonds is 3. The number of nitrogens with one attached hydrogen (secondary N) is 1. The number of non-ortho nitro benzene ring substituents is 1. The van der Waals surface area contributed by atoms with E-state index < -0.39 is 4.92 Å². The Hall–Kier alpha value is -4.19. The molecule has 4 aromatic carbocycles. The van der Waals surface area contributed by atoms with Gasteiger partial charge < -0.3 is 5.73 Å². The summed E-state index contributed by atoms with van der Waals surface area (Å²) >= 11 is 0. The number of nitro groups is 1. The van der Waals surface area contributed by atoms with E-state index in [1.54, 1.807) is 23.1 Å². The number of hydrogen-bond donors (Lipinski definition) is 2. The largest absolute Gasteiger partial charge is 0.369 e. The Balaban J connectivity index is 1.82. The molecule has 5 rings (SSSR count). The van der Waals surface area contributed by atoms with Crippen molar-refractivity contribution in [2.45, 2.75) is 0 Å². The summed E-state index contributed by atoms with van der Waals surface area (Å²) in [6.07, 6.45) is 4.14. The van der Waals surface area contributed by atoms with Crippen LogP contribution in [0.1, 0.15) is 11.1 Å². The van der Waals surface area contributed by atoms with Crippen LogP contribution in [0.25, 0.3) is 33.7 Å². The molecule has 1 aliphatic carbocycles. The van der Waals surface area contributed by atoms with Crippen LogP contribution in [0.3, 0.4) is 0 Å². The van der Waals surface area contributed by atoms with Gasteiger partial charge in [0.05, 0.1) is 21.7 Å². The number of hydrogen-bond acceptors (Lipinski definition) is 3. The molecule has 0 aromatic heterocycles. The summed E-state index contributed by atoms with van der Waals surface area (Å²) in [5.41, 5.74) is 9.70. The second-order valence-electron chi connectivity index (χ2n) is 6.90. The third kappa shape index (κ3) is 2.46. The predicted molar refractivity (Wildman–Crippen MR) is 118 cm³/mol. The maximum atomic E-state index is 11.5. The average molecular weight is 380 g/mol. The molecule has 0 atom stereocenters. The van der Waals surface area contributed by atoms with Crippen LogP contribution in [0.4, 0.5) is 17.1 Å². The van der Waals surface area contributed by atoms with Gasteiger partial charge in [0, 0.05) is 16.8 Å². The summed E-state index contributed by atoms with van der Waals surface area (Å²) in [4.78, 5) is 12.7. The van der Waals surface area contributed by atoms with Crippen LogP contribution in [-0.4, -0.2) is 10.9 Å². The smallest absolute Gasteiger partial charge is 0.277 e. The number of benzene rings is 4. The van der Waals surface area contributed by atoms with E-state index in [0.29, 0.717) is 16.5 Å². The molecule has 0 saturated carbocycles. The predicted octanol–water partition coefficient (Wildman–Crippen LogP) is 5.42. The van der Waals surface area contributed by atoms with E-state index in [-0.39, 0.29) is 11.6 Å². The van der Waals surface area contributed by atoms with Crippen molar-refractivity contribution in [2.75, 3.05) is 4.90 Å². The van der Waals surface area contributed by atoms with Crippen LogP contribution < -0.4 is 10.6 Å². The van der Waals surface area contributed by atoms with E-state index in [9.17, 15) is 10.1 Å². The van der Waals surface area contributed by atoms with Crippen molar-refractivity contribution in [1.29, 1.82) is 5.41 Å². The zero-order valence-electron chi connectivity index (χ0n) is 15.3. The van der Waals surface area contributed by atoms with Crippen LogP contribution in [0, 0.1) is 15.5 Å². The monoisotopic (exact) mass is 380 g/mol. The van der Waals surface area contributed by atoms with Crippen LogP contribution in [0.15, 0.2) is 66.7 Å². The number of anilines is 2. The molecule has 4 aromatic rings. The number of nitrogens with two attached hydrogens (primary N) is 1. The number of nitro benzene ring substituents is 1. The van der Waals surface area contributed by atoms with Crippen molar-refractivity contribution >= 4 is 56.7 Å². The van der Waals surface area contributed by atoms with E-state index in [2.05, 4.69) is 18.2 Å². The van der Waals surface area contributed by atoms with Crippen molar-refractivity contribution in [2.24, 2.45) is 5.73 Å². The van der Waals surface area contributed by atoms with Gasteiger partial charge in [-0.05, 0) is 34.7 Å². The van der Waals surface area contributed by atoms with E-state index in [1.165, 1.54) is 6.07 Å².